The summed E-state index contributed by atoms with van der Waals surface area (Å²) in [5, 5.41) is 2.85. The Morgan fingerprint density at radius 3 is 2.65 bits per heavy atom. The number of ether oxygens (including phenoxy) is 1. The Morgan fingerprint density at radius 1 is 1.40 bits per heavy atom. The van der Waals surface area contributed by atoms with Gasteiger partial charge in [-0.3, -0.25) is 4.79 Å². The first kappa shape index (κ1) is 16.5. The minimum absolute atomic E-state index is 0.0341. The first-order chi connectivity index (χ1) is 9.45. The highest BCUT2D eigenvalue weighted by atomic mass is 79.9. The van der Waals surface area contributed by atoms with Gasteiger partial charge in [0.05, 0.1) is 12.6 Å². The summed E-state index contributed by atoms with van der Waals surface area (Å²) in [7, 11) is 1.53. The molecule has 5 nitrogen and oxygen atoms in total. The zero-order valence-corrected chi connectivity index (χ0v) is 13.4. The molecule has 1 aromatic carbocycles. The number of rotatable bonds is 5. The summed E-state index contributed by atoms with van der Waals surface area (Å²) in [6, 6.07) is 7.53. The summed E-state index contributed by atoms with van der Waals surface area (Å²) in [4.78, 5) is 24.5. The Kier molecular flexibility index (Phi) is 6.51. The maximum Gasteiger partial charge on any atom is 0.409 e. The van der Waals surface area contributed by atoms with E-state index in [4.69, 9.17) is 4.74 Å². The molecule has 6 heteroatoms. The zero-order chi connectivity index (χ0) is 15.1. The fourth-order valence-electron chi connectivity index (χ4n) is 1.70. The Hall–Kier alpha value is -1.56. The van der Waals surface area contributed by atoms with E-state index >= 15 is 0 Å². The van der Waals surface area contributed by atoms with Crippen LogP contribution in [-0.4, -0.2) is 37.1 Å². The van der Waals surface area contributed by atoms with Gasteiger partial charge in [-0.05, 0) is 25.5 Å². The number of benzene rings is 1. The summed E-state index contributed by atoms with van der Waals surface area (Å²) >= 11 is 3.45. The monoisotopic (exact) mass is 342 g/mol. The number of carbonyl (C=O) groups excluding carboxylic acids is 2. The van der Waals surface area contributed by atoms with Crippen molar-refractivity contribution in [2.75, 3.05) is 20.2 Å². The van der Waals surface area contributed by atoms with Crippen molar-refractivity contribution in [2.24, 2.45) is 0 Å². The molecule has 1 rings (SSSR count). The lowest BCUT2D eigenvalue weighted by Gasteiger charge is -2.19. The van der Waals surface area contributed by atoms with Crippen LogP contribution in [0.5, 0.6) is 0 Å². The molecule has 1 atom stereocenters. The van der Waals surface area contributed by atoms with Gasteiger partial charge in [0.2, 0.25) is 5.91 Å². The molecular weight excluding hydrogens is 324 g/mol. The summed E-state index contributed by atoms with van der Waals surface area (Å²) < 4.78 is 5.75. The van der Waals surface area contributed by atoms with Crippen molar-refractivity contribution in [3.8, 4) is 0 Å². The quantitative estimate of drug-likeness (QED) is 0.894. The molecule has 0 heterocycles. The smallest absolute Gasteiger partial charge is 0.409 e. The van der Waals surface area contributed by atoms with Crippen molar-refractivity contribution in [1.82, 2.24) is 10.2 Å². The van der Waals surface area contributed by atoms with E-state index in [-0.39, 0.29) is 25.1 Å². The van der Waals surface area contributed by atoms with E-state index in [1.54, 1.807) is 6.92 Å². The maximum absolute atomic E-state index is 11.9. The number of likely N-dealkylation sites (N-methyl/N-ethyl adjacent to an activating group) is 1. The van der Waals surface area contributed by atoms with Gasteiger partial charge in [0.25, 0.3) is 0 Å². The second kappa shape index (κ2) is 7.89. The first-order valence-electron chi connectivity index (χ1n) is 6.37. The van der Waals surface area contributed by atoms with Gasteiger partial charge in [0.15, 0.2) is 0 Å². The Morgan fingerprint density at radius 2 is 2.05 bits per heavy atom. The minimum atomic E-state index is -0.504. The van der Waals surface area contributed by atoms with Gasteiger partial charge in [-0.2, -0.15) is 0 Å². The van der Waals surface area contributed by atoms with E-state index in [0.29, 0.717) is 0 Å². The van der Waals surface area contributed by atoms with Gasteiger partial charge in [-0.25, -0.2) is 4.79 Å². The highest BCUT2D eigenvalue weighted by Crippen LogP contribution is 2.22. The SMILES string of the molecule is CCOC(=O)N(C)CC(=O)N[C@@H](C)c1ccccc1Br. The van der Waals surface area contributed by atoms with Crippen LogP contribution in [0.1, 0.15) is 25.5 Å². The minimum Gasteiger partial charge on any atom is -0.450 e. The summed E-state index contributed by atoms with van der Waals surface area (Å²) in [6.45, 7) is 3.87. The lowest BCUT2D eigenvalue weighted by Crippen LogP contribution is -2.39. The van der Waals surface area contributed by atoms with Crippen molar-refractivity contribution in [3.63, 3.8) is 0 Å². The standard InChI is InChI=1S/C14H19BrN2O3/c1-4-20-14(19)17(3)9-13(18)16-10(2)11-7-5-6-8-12(11)15/h5-8,10H,4,9H2,1-3H3,(H,16,18)/t10-/m0/s1. The average molecular weight is 343 g/mol. The molecule has 1 aromatic rings. The number of hydrogen-bond donors (Lipinski definition) is 1. The highest BCUT2D eigenvalue weighted by Gasteiger charge is 2.16. The van der Waals surface area contributed by atoms with Gasteiger partial charge in [0.1, 0.15) is 6.54 Å². The molecular formula is C14H19BrN2O3. The van der Waals surface area contributed by atoms with Crippen LogP contribution in [0.25, 0.3) is 0 Å². The number of hydrogen-bond acceptors (Lipinski definition) is 3. The molecule has 0 saturated carbocycles. The molecule has 0 radical (unpaired) electrons. The largest absolute Gasteiger partial charge is 0.450 e. The van der Waals surface area contributed by atoms with E-state index in [9.17, 15) is 9.59 Å². The van der Waals surface area contributed by atoms with Crippen LogP contribution in [-0.2, 0) is 9.53 Å². The van der Waals surface area contributed by atoms with E-state index in [0.717, 1.165) is 10.0 Å². The predicted octanol–water partition coefficient (Wildman–Crippen LogP) is 2.71. The molecule has 0 spiro atoms. The maximum atomic E-state index is 11.9. The van der Waals surface area contributed by atoms with Crippen molar-refractivity contribution >= 4 is 27.9 Å². The van der Waals surface area contributed by atoms with Crippen LogP contribution in [0.3, 0.4) is 0 Å². The zero-order valence-electron chi connectivity index (χ0n) is 11.9. The summed E-state index contributed by atoms with van der Waals surface area (Å²) in [5.74, 6) is -0.233. The van der Waals surface area contributed by atoms with E-state index in [1.807, 2.05) is 31.2 Å². The molecule has 20 heavy (non-hydrogen) atoms. The van der Waals surface area contributed by atoms with Crippen molar-refractivity contribution < 1.29 is 14.3 Å². The van der Waals surface area contributed by atoms with Crippen molar-refractivity contribution in [2.45, 2.75) is 19.9 Å². The number of halogens is 1. The molecule has 2 amide bonds. The Bertz CT molecular complexity index is 479. The predicted molar refractivity (Wildman–Crippen MR) is 80.4 cm³/mol. The number of nitrogens with zero attached hydrogens (tertiary/aromatic N) is 1. The van der Waals surface area contributed by atoms with Gasteiger partial charge < -0.3 is 15.0 Å². The molecule has 0 aliphatic carbocycles. The second-order valence-electron chi connectivity index (χ2n) is 4.37. The Balaban J connectivity index is 2.54. The number of amides is 2. The van der Waals surface area contributed by atoms with Crippen LogP contribution >= 0.6 is 15.9 Å². The van der Waals surface area contributed by atoms with Gasteiger partial charge in [-0.1, -0.05) is 34.1 Å². The van der Waals surface area contributed by atoms with Gasteiger partial charge >= 0.3 is 6.09 Å². The van der Waals surface area contributed by atoms with Gasteiger partial charge in [-0.15, -0.1) is 0 Å². The third kappa shape index (κ3) is 4.85. The third-order valence-electron chi connectivity index (χ3n) is 2.71. The van der Waals surface area contributed by atoms with Crippen LogP contribution in [0.4, 0.5) is 4.79 Å². The Labute approximate surface area is 127 Å². The van der Waals surface area contributed by atoms with Crippen LogP contribution < -0.4 is 5.32 Å². The normalized spacial score (nSPS) is 11.6. The molecule has 0 aromatic heterocycles. The molecule has 0 aliphatic heterocycles. The summed E-state index contributed by atoms with van der Waals surface area (Å²) in [5.41, 5.74) is 0.986. The second-order valence-corrected chi connectivity index (χ2v) is 5.22. The van der Waals surface area contributed by atoms with E-state index in [1.165, 1.54) is 11.9 Å². The highest BCUT2D eigenvalue weighted by molar-refractivity contribution is 9.10. The number of nitrogens with one attached hydrogen (secondary N) is 1. The molecule has 1 N–H and O–H groups in total. The average Bonchev–Trinajstić information content (AvgIpc) is 2.39. The fraction of sp³-hybridized carbons (Fsp3) is 0.429. The molecule has 0 bridgehead atoms. The third-order valence-corrected chi connectivity index (χ3v) is 3.43. The van der Waals surface area contributed by atoms with Crippen LogP contribution in [0.15, 0.2) is 28.7 Å². The first-order valence-corrected chi connectivity index (χ1v) is 7.16. The van der Waals surface area contributed by atoms with E-state index in [2.05, 4.69) is 21.2 Å². The molecule has 0 saturated heterocycles. The lowest BCUT2D eigenvalue weighted by atomic mass is 10.1. The molecule has 110 valence electrons. The molecule has 0 aliphatic rings. The molecule has 0 unspecified atom stereocenters. The number of carbonyl (C=O) groups is 2. The fourth-order valence-corrected chi connectivity index (χ4v) is 2.33. The summed E-state index contributed by atoms with van der Waals surface area (Å²) in [6.07, 6.45) is -0.504. The van der Waals surface area contributed by atoms with Crippen molar-refractivity contribution in [1.29, 1.82) is 0 Å². The lowest BCUT2D eigenvalue weighted by molar-refractivity contribution is -0.122. The van der Waals surface area contributed by atoms with Crippen LogP contribution in [0.2, 0.25) is 0 Å². The van der Waals surface area contributed by atoms with Gasteiger partial charge in [0, 0.05) is 11.5 Å². The molecule has 0 fully saturated rings. The van der Waals surface area contributed by atoms with E-state index < -0.39 is 6.09 Å². The topological polar surface area (TPSA) is 58.6 Å². The van der Waals surface area contributed by atoms with Crippen molar-refractivity contribution in [3.05, 3.63) is 34.3 Å². The van der Waals surface area contributed by atoms with Crippen LogP contribution in [0, 0.1) is 0 Å².